The average molecular weight is 392 g/mol. The molecule has 148 valence electrons. The van der Waals surface area contributed by atoms with Crippen molar-refractivity contribution in [3.05, 3.63) is 48.1 Å². The molecule has 1 aliphatic heterocycles. The number of aryl methyl sites for hydroxylation is 1. The molecule has 4 rings (SSSR count). The van der Waals surface area contributed by atoms with Gasteiger partial charge >= 0.3 is 12.1 Å². The van der Waals surface area contributed by atoms with Gasteiger partial charge in [-0.2, -0.15) is 18.2 Å². The highest BCUT2D eigenvalue weighted by molar-refractivity contribution is 5.52. The molecule has 4 heterocycles. The molecular weight excluding hydrogens is 373 g/mol. The number of alkyl halides is 3. The van der Waals surface area contributed by atoms with E-state index in [-0.39, 0.29) is 11.7 Å². The molecule has 0 aromatic carbocycles. The lowest BCUT2D eigenvalue weighted by Gasteiger charge is -2.32. The number of aromatic nitrogens is 5. The zero-order chi connectivity index (χ0) is 19.7. The largest absolute Gasteiger partial charge is 0.471 e. The number of nitrogens with zero attached hydrogens (tertiary/aromatic N) is 6. The van der Waals surface area contributed by atoms with Crippen molar-refractivity contribution in [1.29, 1.82) is 0 Å². The lowest BCUT2D eigenvalue weighted by Crippen LogP contribution is -2.34. The Kier molecular flexibility index (Phi) is 4.88. The number of halogens is 3. The topological polar surface area (TPSA) is 72.9 Å². The second-order valence-electron chi connectivity index (χ2n) is 7.00. The van der Waals surface area contributed by atoms with E-state index in [0.717, 1.165) is 43.9 Å². The van der Waals surface area contributed by atoms with Gasteiger partial charge in [0.05, 0.1) is 12.0 Å². The molecule has 1 saturated heterocycles. The summed E-state index contributed by atoms with van der Waals surface area (Å²) >= 11 is 0. The highest BCUT2D eigenvalue weighted by Crippen LogP contribution is 2.30. The van der Waals surface area contributed by atoms with E-state index in [1.165, 1.54) is 6.20 Å². The summed E-state index contributed by atoms with van der Waals surface area (Å²) in [4.78, 5) is 14.6. The van der Waals surface area contributed by atoms with Gasteiger partial charge in [-0.15, -0.1) is 0 Å². The number of imidazole rings is 1. The first-order chi connectivity index (χ1) is 13.4. The molecule has 7 nitrogen and oxygen atoms in total. The van der Waals surface area contributed by atoms with Gasteiger partial charge in [0, 0.05) is 49.7 Å². The molecule has 0 unspecified atom stereocenters. The highest BCUT2D eigenvalue weighted by Gasteiger charge is 2.38. The van der Waals surface area contributed by atoms with Crippen LogP contribution in [-0.4, -0.2) is 42.7 Å². The molecule has 1 fully saturated rings. The molecule has 1 aliphatic rings. The molecule has 3 aromatic heterocycles. The minimum atomic E-state index is -4.65. The summed E-state index contributed by atoms with van der Waals surface area (Å²) in [6.07, 6.45) is 2.72. The third-order valence-electron chi connectivity index (χ3n) is 4.78. The Bertz CT molecular complexity index is 933. The van der Waals surface area contributed by atoms with Crippen molar-refractivity contribution >= 4 is 0 Å². The third-order valence-corrected chi connectivity index (χ3v) is 4.78. The van der Waals surface area contributed by atoms with Gasteiger partial charge < -0.3 is 9.09 Å². The maximum Gasteiger partial charge on any atom is 0.471 e. The first kappa shape index (κ1) is 18.6. The van der Waals surface area contributed by atoms with Crippen LogP contribution in [0.3, 0.4) is 0 Å². The molecule has 1 atom stereocenters. The molecule has 0 bridgehead atoms. The Morgan fingerprint density at radius 2 is 2.11 bits per heavy atom. The fourth-order valence-corrected chi connectivity index (χ4v) is 3.45. The lowest BCUT2D eigenvalue weighted by molar-refractivity contribution is -0.159. The van der Waals surface area contributed by atoms with E-state index in [1.54, 1.807) is 12.4 Å². The fraction of sp³-hybridized carbons (Fsp3) is 0.444. The smallest absolute Gasteiger partial charge is 0.340 e. The van der Waals surface area contributed by atoms with E-state index in [1.807, 2.05) is 23.9 Å². The van der Waals surface area contributed by atoms with E-state index in [9.17, 15) is 13.2 Å². The zero-order valence-electron chi connectivity index (χ0n) is 15.2. The van der Waals surface area contributed by atoms with Crippen molar-refractivity contribution in [1.82, 2.24) is 29.6 Å². The average Bonchev–Trinajstić information content (AvgIpc) is 3.31. The predicted molar refractivity (Wildman–Crippen MR) is 93.0 cm³/mol. The summed E-state index contributed by atoms with van der Waals surface area (Å²) < 4.78 is 44.0. The van der Waals surface area contributed by atoms with Crippen molar-refractivity contribution in [3.8, 4) is 11.4 Å². The second kappa shape index (κ2) is 7.34. The number of hydrogen-bond donors (Lipinski definition) is 0. The van der Waals surface area contributed by atoms with Gasteiger partial charge in [-0.25, -0.2) is 4.98 Å². The Labute approximate surface area is 159 Å². The van der Waals surface area contributed by atoms with Crippen LogP contribution in [0.2, 0.25) is 0 Å². The quantitative estimate of drug-likeness (QED) is 0.679. The van der Waals surface area contributed by atoms with Crippen molar-refractivity contribution in [2.45, 2.75) is 31.5 Å². The van der Waals surface area contributed by atoms with Crippen molar-refractivity contribution < 1.29 is 17.7 Å². The second-order valence-corrected chi connectivity index (χ2v) is 7.00. The Morgan fingerprint density at radius 1 is 1.25 bits per heavy atom. The van der Waals surface area contributed by atoms with E-state index < -0.39 is 12.1 Å². The number of rotatable bonds is 4. The maximum atomic E-state index is 12.6. The molecule has 3 aromatic rings. The van der Waals surface area contributed by atoms with E-state index in [2.05, 4.69) is 29.5 Å². The normalized spacial score (nSPS) is 18.5. The third kappa shape index (κ3) is 4.06. The minimum Gasteiger partial charge on any atom is -0.340 e. The monoisotopic (exact) mass is 392 g/mol. The van der Waals surface area contributed by atoms with Gasteiger partial charge in [0.1, 0.15) is 0 Å². The summed E-state index contributed by atoms with van der Waals surface area (Å²) in [6.45, 7) is 2.66. The number of piperidine rings is 1. The number of likely N-dealkylation sites (tertiary alicyclic amines) is 1. The van der Waals surface area contributed by atoms with Crippen molar-refractivity contribution in [2.24, 2.45) is 7.05 Å². The molecule has 0 aliphatic carbocycles. The molecule has 0 spiro atoms. The van der Waals surface area contributed by atoms with Crippen LogP contribution in [0.5, 0.6) is 0 Å². The Balaban J connectivity index is 1.43. The zero-order valence-corrected chi connectivity index (χ0v) is 15.2. The highest BCUT2D eigenvalue weighted by atomic mass is 19.4. The Morgan fingerprint density at radius 3 is 2.75 bits per heavy atom. The minimum absolute atomic E-state index is 0.119. The van der Waals surface area contributed by atoms with Gasteiger partial charge in [0.15, 0.2) is 0 Å². The van der Waals surface area contributed by atoms with Crippen LogP contribution in [0, 0.1) is 0 Å². The number of hydrogen-bond acceptors (Lipinski definition) is 6. The summed E-state index contributed by atoms with van der Waals surface area (Å²) in [5, 5.41) is 3.39. The molecular formula is C18H19F3N6O. The summed E-state index contributed by atoms with van der Waals surface area (Å²) in [5.74, 6) is -1.21. The molecule has 0 saturated carbocycles. The van der Waals surface area contributed by atoms with Gasteiger partial charge in [0.2, 0.25) is 5.82 Å². The summed E-state index contributed by atoms with van der Waals surface area (Å²) in [5.41, 5.74) is 2.34. The summed E-state index contributed by atoms with van der Waals surface area (Å²) in [7, 11) is 1.95. The van der Waals surface area contributed by atoms with Crippen LogP contribution < -0.4 is 0 Å². The van der Waals surface area contributed by atoms with Crippen LogP contribution in [0.15, 0.2) is 35.4 Å². The van der Waals surface area contributed by atoms with Crippen LogP contribution in [-0.2, 0) is 19.8 Å². The van der Waals surface area contributed by atoms with Gasteiger partial charge in [-0.3, -0.25) is 9.88 Å². The first-order valence-corrected chi connectivity index (χ1v) is 8.95. The maximum absolute atomic E-state index is 12.6. The molecule has 28 heavy (non-hydrogen) atoms. The Hall–Kier alpha value is -2.75. The van der Waals surface area contributed by atoms with Crippen LogP contribution in [0.25, 0.3) is 11.4 Å². The van der Waals surface area contributed by atoms with E-state index in [4.69, 9.17) is 0 Å². The van der Waals surface area contributed by atoms with Crippen LogP contribution >= 0.6 is 0 Å². The SMILES string of the molecule is Cn1cnc(CN2CCC[C@H](c3ccc(-c4noc(C(F)(F)F)n4)cn3)C2)c1. The molecule has 0 amide bonds. The predicted octanol–water partition coefficient (Wildman–Crippen LogP) is 3.26. The van der Waals surface area contributed by atoms with E-state index >= 15 is 0 Å². The lowest BCUT2D eigenvalue weighted by atomic mass is 9.94. The van der Waals surface area contributed by atoms with Crippen molar-refractivity contribution in [3.63, 3.8) is 0 Å². The molecule has 0 radical (unpaired) electrons. The standard InChI is InChI=1S/C18H19F3N6O/c1-26-9-14(23-11-26)10-27-6-2-3-13(8-27)15-5-4-12(7-22-15)16-24-17(28-25-16)18(19,20)21/h4-5,7,9,11,13H,2-3,6,8,10H2,1H3/t13-/m0/s1. The van der Waals surface area contributed by atoms with Gasteiger partial charge in [-0.1, -0.05) is 5.16 Å². The first-order valence-electron chi connectivity index (χ1n) is 8.95. The van der Waals surface area contributed by atoms with Gasteiger partial charge in [-0.05, 0) is 31.5 Å². The van der Waals surface area contributed by atoms with Crippen LogP contribution in [0.1, 0.15) is 36.0 Å². The van der Waals surface area contributed by atoms with Crippen molar-refractivity contribution in [2.75, 3.05) is 13.1 Å². The molecule has 0 N–H and O–H groups in total. The van der Waals surface area contributed by atoms with E-state index in [0.29, 0.717) is 5.56 Å². The molecule has 10 heteroatoms. The fourth-order valence-electron chi connectivity index (χ4n) is 3.45. The van der Waals surface area contributed by atoms with Gasteiger partial charge in [0.25, 0.3) is 0 Å². The van der Waals surface area contributed by atoms with Crippen LogP contribution in [0.4, 0.5) is 13.2 Å². The summed E-state index contributed by atoms with van der Waals surface area (Å²) in [6, 6.07) is 3.51. The number of pyridine rings is 1.